The van der Waals surface area contributed by atoms with Crippen LogP contribution in [0, 0.1) is 0 Å². The molecule has 2 heterocycles. The fourth-order valence-electron chi connectivity index (χ4n) is 1.95. The highest BCUT2D eigenvalue weighted by atomic mass is 35.5. The number of carbonyl (C=O) groups is 2. The minimum absolute atomic E-state index is 0.151. The summed E-state index contributed by atoms with van der Waals surface area (Å²) in [7, 11) is 0. The van der Waals surface area contributed by atoms with Crippen molar-refractivity contribution in [3.05, 3.63) is 29.0 Å². The highest BCUT2D eigenvalue weighted by Gasteiger charge is 2.40. The normalized spacial score (nSPS) is 18.4. The average molecular weight is 268 g/mol. The average Bonchev–Trinajstić information content (AvgIpc) is 2.32. The lowest BCUT2D eigenvalue weighted by molar-refractivity contribution is -0.133. The van der Waals surface area contributed by atoms with Gasteiger partial charge in [0.1, 0.15) is 10.7 Å². The van der Waals surface area contributed by atoms with Gasteiger partial charge in [0.15, 0.2) is 0 Å². The number of hydrogen-bond donors (Lipinski definition) is 1. The third-order valence-electron chi connectivity index (χ3n) is 3.07. The molecule has 1 aliphatic heterocycles. The summed E-state index contributed by atoms with van der Waals surface area (Å²) in [5.74, 6) is -0.360. The highest BCUT2D eigenvalue weighted by Crippen LogP contribution is 2.21. The van der Waals surface area contributed by atoms with Crippen molar-refractivity contribution in [3.8, 4) is 0 Å². The second-order valence-electron chi connectivity index (χ2n) is 4.64. The Morgan fingerprint density at radius 2 is 2.28 bits per heavy atom. The first-order valence-electron chi connectivity index (χ1n) is 5.65. The molecule has 1 aliphatic rings. The molecule has 6 heteroatoms. The molecule has 0 spiro atoms. The Labute approximate surface area is 110 Å². The van der Waals surface area contributed by atoms with E-state index in [0.29, 0.717) is 18.7 Å². The number of amides is 2. The zero-order valence-electron chi connectivity index (χ0n) is 10.2. The molecule has 18 heavy (non-hydrogen) atoms. The van der Waals surface area contributed by atoms with Crippen LogP contribution in [0.15, 0.2) is 18.3 Å². The van der Waals surface area contributed by atoms with Crippen molar-refractivity contribution >= 4 is 23.4 Å². The van der Waals surface area contributed by atoms with Crippen molar-refractivity contribution < 1.29 is 9.59 Å². The Morgan fingerprint density at radius 1 is 1.56 bits per heavy atom. The molecule has 1 aromatic heterocycles. The van der Waals surface area contributed by atoms with Crippen molar-refractivity contribution in [1.82, 2.24) is 15.2 Å². The Morgan fingerprint density at radius 3 is 2.94 bits per heavy atom. The molecule has 1 saturated heterocycles. The molecular weight excluding hydrogens is 254 g/mol. The molecule has 96 valence electrons. The van der Waals surface area contributed by atoms with Gasteiger partial charge in [-0.1, -0.05) is 11.6 Å². The van der Waals surface area contributed by atoms with Gasteiger partial charge in [-0.05, 0) is 26.0 Å². The maximum Gasteiger partial charge on any atom is 0.254 e. The number of nitrogens with zero attached hydrogens (tertiary/aromatic N) is 2. The standard InChI is InChI=1S/C12H14ClN3O2/c1-12(2)11(18)15-5-6-16(12)10(17)8-3-4-14-9(13)7-8/h3-4,7H,5-6H2,1-2H3,(H,15,18). The van der Waals surface area contributed by atoms with Gasteiger partial charge in [0, 0.05) is 24.8 Å². The summed E-state index contributed by atoms with van der Waals surface area (Å²) in [6.45, 7) is 4.40. The smallest absolute Gasteiger partial charge is 0.254 e. The number of carbonyl (C=O) groups excluding carboxylic acids is 2. The second-order valence-corrected chi connectivity index (χ2v) is 5.03. The molecular formula is C12H14ClN3O2. The van der Waals surface area contributed by atoms with Gasteiger partial charge in [-0.15, -0.1) is 0 Å². The third-order valence-corrected chi connectivity index (χ3v) is 3.28. The van der Waals surface area contributed by atoms with Gasteiger partial charge in [0.25, 0.3) is 5.91 Å². The van der Waals surface area contributed by atoms with Crippen molar-refractivity contribution in [1.29, 1.82) is 0 Å². The fourth-order valence-corrected chi connectivity index (χ4v) is 2.12. The Bertz CT molecular complexity index is 502. The van der Waals surface area contributed by atoms with Gasteiger partial charge in [-0.25, -0.2) is 4.98 Å². The van der Waals surface area contributed by atoms with E-state index in [1.807, 2.05) is 0 Å². The second kappa shape index (κ2) is 4.57. The summed E-state index contributed by atoms with van der Waals surface area (Å²) >= 11 is 5.77. The number of piperazine rings is 1. The summed E-state index contributed by atoms with van der Waals surface area (Å²) in [5, 5.41) is 3.01. The third kappa shape index (κ3) is 2.18. The largest absolute Gasteiger partial charge is 0.352 e. The summed E-state index contributed by atoms with van der Waals surface area (Å²) in [6, 6.07) is 3.10. The molecule has 1 N–H and O–H groups in total. The van der Waals surface area contributed by atoms with E-state index in [1.165, 1.54) is 12.3 Å². The zero-order chi connectivity index (χ0) is 13.3. The van der Waals surface area contributed by atoms with E-state index in [2.05, 4.69) is 10.3 Å². The van der Waals surface area contributed by atoms with E-state index in [0.717, 1.165) is 0 Å². The summed E-state index contributed by atoms with van der Waals surface area (Å²) in [6.07, 6.45) is 1.48. The van der Waals surface area contributed by atoms with E-state index < -0.39 is 5.54 Å². The van der Waals surface area contributed by atoms with Gasteiger partial charge in [-0.3, -0.25) is 9.59 Å². The van der Waals surface area contributed by atoms with Crippen LogP contribution in [0.1, 0.15) is 24.2 Å². The van der Waals surface area contributed by atoms with E-state index >= 15 is 0 Å². The number of nitrogens with one attached hydrogen (secondary N) is 1. The maximum atomic E-state index is 12.4. The van der Waals surface area contributed by atoms with E-state index in [-0.39, 0.29) is 17.0 Å². The van der Waals surface area contributed by atoms with Gasteiger partial charge in [-0.2, -0.15) is 0 Å². The van der Waals surface area contributed by atoms with Crippen LogP contribution in [0.3, 0.4) is 0 Å². The van der Waals surface area contributed by atoms with Crippen LogP contribution < -0.4 is 5.32 Å². The quantitative estimate of drug-likeness (QED) is 0.775. The van der Waals surface area contributed by atoms with Crippen molar-refractivity contribution in [2.45, 2.75) is 19.4 Å². The first kappa shape index (κ1) is 12.8. The topological polar surface area (TPSA) is 62.3 Å². The van der Waals surface area contributed by atoms with Gasteiger partial charge < -0.3 is 10.2 Å². The molecule has 5 nitrogen and oxygen atoms in total. The number of rotatable bonds is 1. The summed E-state index contributed by atoms with van der Waals surface area (Å²) < 4.78 is 0. The molecule has 0 unspecified atom stereocenters. The lowest BCUT2D eigenvalue weighted by Gasteiger charge is -2.41. The lowest BCUT2D eigenvalue weighted by atomic mass is 9.98. The Hall–Kier alpha value is -1.62. The molecule has 1 aromatic rings. The van der Waals surface area contributed by atoms with Crippen molar-refractivity contribution in [2.24, 2.45) is 0 Å². The first-order valence-corrected chi connectivity index (χ1v) is 6.02. The summed E-state index contributed by atoms with van der Waals surface area (Å²) in [5.41, 5.74) is -0.414. The Balaban J connectivity index is 2.31. The highest BCUT2D eigenvalue weighted by molar-refractivity contribution is 6.29. The molecule has 1 fully saturated rings. The monoisotopic (exact) mass is 267 g/mol. The molecule has 0 aliphatic carbocycles. The molecule has 0 aromatic carbocycles. The molecule has 2 rings (SSSR count). The molecule has 2 amide bonds. The van der Waals surface area contributed by atoms with E-state index in [9.17, 15) is 9.59 Å². The van der Waals surface area contributed by atoms with Gasteiger partial charge in [0.05, 0.1) is 0 Å². The maximum absolute atomic E-state index is 12.4. The Kier molecular flexibility index (Phi) is 3.26. The number of aromatic nitrogens is 1. The first-order chi connectivity index (χ1) is 8.43. The fraction of sp³-hybridized carbons (Fsp3) is 0.417. The van der Waals surface area contributed by atoms with Crippen molar-refractivity contribution in [2.75, 3.05) is 13.1 Å². The number of pyridine rings is 1. The van der Waals surface area contributed by atoms with Crippen LogP contribution in [-0.2, 0) is 4.79 Å². The van der Waals surface area contributed by atoms with Gasteiger partial charge in [0.2, 0.25) is 5.91 Å². The minimum Gasteiger partial charge on any atom is -0.352 e. The van der Waals surface area contributed by atoms with Crippen LogP contribution in [0.25, 0.3) is 0 Å². The van der Waals surface area contributed by atoms with Crippen LogP contribution in [0.5, 0.6) is 0 Å². The molecule has 0 bridgehead atoms. The SMILES string of the molecule is CC1(C)C(=O)NCCN1C(=O)c1ccnc(Cl)c1. The molecule has 0 radical (unpaired) electrons. The van der Waals surface area contributed by atoms with Crippen LogP contribution in [0.4, 0.5) is 0 Å². The van der Waals surface area contributed by atoms with Crippen LogP contribution in [0.2, 0.25) is 5.15 Å². The number of halogens is 1. The summed E-state index contributed by atoms with van der Waals surface area (Å²) in [4.78, 5) is 29.5. The predicted octanol–water partition coefficient (Wildman–Crippen LogP) is 1.09. The van der Waals surface area contributed by atoms with E-state index in [1.54, 1.807) is 24.8 Å². The molecule has 0 atom stereocenters. The predicted molar refractivity (Wildman–Crippen MR) is 67.4 cm³/mol. The van der Waals surface area contributed by atoms with Crippen molar-refractivity contribution in [3.63, 3.8) is 0 Å². The molecule has 0 saturated carbocycles. The zero-order valence-corrected chi connectivity index (χ0v) is 11.0. The van der Waals surface area contributed by atoms with Crippen LogP contribution in [-0.4, -0.2) is 40.3 Å². The number of hydrogen-bond acceptors (Lipinski definition) is 3. The van der Waals surface area contributed by atoms with Gasteiger partial charge >= 0.3 is 0 Å². The minimum atomic E-state index is -0.856. The lowest BCUT2D eigenvalue weighted by Crippen LogP contribution is -2.63. The van der Waals surface area contributed by atoms with E-state index in [4.69, 9.17) is 11.6 Å². The van der Waals surface area contributed by atoms with Crippen LogP contribution >= 0.6 is 11.6 Å².